The van der Waals surface area contributed by atoms with Gasteiger partial charge in [-0.25, -0.2) is 0 Å². The van der Waals surface area contributed by atoms with Crippen LogP contribution in [0, 0.1) is 0 Å². The van der Waals surface area contributed by atoms with Crippen molar-refractivity contribution in [2.24, 2.45) is 0 Å². The summed E-state index contributed by atoms with van der Waals surface area (Å²) in [5, 5.41) is 3.60. The van der Waals surface area contributed by atoms with Gasteiger partial charge in [0.15, 0.2) is 5.75 Å². The number of anilines is 1. The van der Waals surface area contributed by atoms with Crippen molar-refractivity contribution >= 4 is 17.3 Å². The molecule has 60 valence electrons. The molecule has 0 aliphatic carbocycles. The summed E-state index contributed by atoms with van der Waals surface area (Å²) in [5.41, 5.74) is 0.903. The van der Waals surface area contributed by atoms with Crippen LogP contribution in [0.5, 0.6) is 5.75 Å². The van der Waals surface area contributed by atoms with Gasteiger partial charge in [-0.1, -0.05) is 17.7 Å². The Morgan fingerprint density at radius 2 is 2.18 bits per heavy atom. The average molecular weight is 172 g/mol. The van der Waals surface area contributed by atoms with Gasteiger partial charge < -0.3 is 10.1 Å². The summed E-state index contributed by atoms with van der Waals surface area (Å²) in [5.74, 6) is 0.691. The number of halogens is 1. The average Bonchev–Trinajstić information content (AvgIpc) is 2.04. The summed E-state index contributed by atoms with van der Waals surface area (Å²) < 4.78 is 5.07. The van der Waals surface area contributed by atoms with Crippen molar-refractivity contribution in [2.75, 3.05) is 19.5 Å². The molecule has 0 aromatic heterocycles. The number of para-hydroxylation sites is 1. The molecule has 1 aromatic rings. The van der Waals surface area contributed by atoms with Gasteiger partial charge in [-0.05, 0) is 12.1 Å². The van der Waals surface area contributed by atoms with E-state index in [0.717, 1.165) is 5.69 Å². The lowest BCUT2D eigenvalue weighted by atomic mass is 10.3. The Balaban J connectivity index is 3.13. The zero-order valence-corrected chi connectivity index (χ0v) is 7.27. The van der Waals surface area contributed by atoms with Gasteiger partial charge in [-0.2, -0.15) is 0 Å². The molecule has 0 heterocycles. The first-order valence-corrected chi connectivity index (χ1v) is 3.67. The topological polar surface area (TPSA) is 21.3 Å². The van der Waals surface area contributed by atoms with Crippen LogP contribution in [-0.2, 0) is 0 Å². The number of rotatable bonds is 2. The van der Waals surface area contributed by atoms with E-state index in [4.69, 9.17) is 16.3 Å². The number of methoxy groups -OCH3 is 1. The maximum atomic E-state index is 5.84. The van der Waals surface area contributed by atoms with E-state index in [0.29, 0.717) is 10.8 Å². The van der Waals surface area contributed by atoms with Crippen LogP contribution in [0.1, 0.15) is 0 Å². The van der Waals surface area contributed by atoms with Crippen LogP contribution < -0.4 is 10.1 Å². The number of ether oxygens (including phenoxy) is 1. The first-order chi connectivity index (χ1) is 5.29. The standard InChI is InChI=1S/C8H10ClNO/c1-10-7-5-3-4-6(9)8(7)11-2/h3-5,10H,1-2H3. The minimum Gasteiger partial charge on any atom is -0.493 e. The fourth-order valence-corrected chi connectivity index (χ4v) is 1.16. The van der Waals surface area contributed by atoms with E-state index < -0.39 is 0 Å². The molecular weight excluding hydrogens is 162 g/mol. The number of hydrogen-bond donors (Lipinski definition) is 1. The molecule has 0 amide bonds. The minimum absolute atomic E-state index is 0.624. The maximum Gasteiger partial charge on any atom is 0.160 e. The van der Waals surface area contributed by atoms with Gasteiger partial charge in [0.05, 0.1) is 17.8 Å². The summed E-state index contributed by atoms with van der Waals surface area (Å²) in [6.07, 6.45) is 0. The Labute approximate surface area is 71.1 Å². The van der Waals surface area contributed by atoms with Crippen molar-refractivity contribution in [1.82, 2.24) is 0 Å². The SMILES string of the molecule is CNc1cccc(Cl)c1OC. The predicted molar refractivity (Wildman–Crippen MR) is 47.6 cm³/mol. The normalized spacial score (nSPS) is 9.36. The van der Waals surface area contributed by atoms with Crippen LogP contribution in [0.15, 0.2) is 18.2 Å². The molecule has 1 rings (SSSR count). The van der Waals surface area contributed by atoms with Crippen LogP contribution in [0.3, 0.4) is 0 Å². The van der Waals surface area contributed by atoms with Gasteiger partial charge >= 0.3 is 0 Å². The zero-order valence-electron chi connectivity index (χ0n) is 6.52. The second-order valence-electron chi connectivity index (χ2n) is 2.07. The van der Waals surface area contributed by atoms with E-state index in [1.165, 1.54) is 0 Å². The molecule has 0 aliphatic heterocycles. The van der Waals surface area contributed by atoms with Gasteiger partial charge in [-0.15, -0.1) is 0 Å². The highest BCUT2D eigenvalue weighted by Gasteiger charge is 2.03. The molecule has 1 aromatic carbocycles. The van der Waals surface area contributed by atoms with E-state index in [9.17, 15) is 0 Å². The fraction of sp³-hybridized carbons (Fsp3) is 0.250. The molecule has 2 nitrogen and oxygen atoms in total. The summed E-state index contributed by atoms with van der Waals surface area (Å²) >= 11 is 5.84. The molecule has 0 atom stereocenters. The highest BCUT2D eigenvalue weighted by atomic mass is 35.5. The van der Waals surface area contributed by atoms with E-state index in [1.807, 2.05) is 19.2 Å². The number of benzene rings is 1. The molecule has 0 unspecified atom stereocenters. The molecule has 0 aliphatic rings. The maximum absolute atomic E-state index is 5.84. The number of nitrogens with one attached hydrogen (secondary N) is 1. The molecule has 11 heavy (non-hydrogen) atoms. The van der Waals surface area contributed by atoms with Crippen LogP contribution in [-0.4, -0.2) is 14.2 Å². The molecule has 0 spiro atoms. The lowest BCUT2D eigenvalue weighted by Gasteiger charge is -2.08. The quantitative estimate of drug-likeness (QED) is 0.738. The Morgan fingerprint density at radius 3 is 2.64 bits per heavy atom. The van der Waals surface area contributed by atoms with Gasteiger partial charge in [-0.3, -0.25) is 0 Å². The Morgan fingerprint density at radius 1 is 1.45 bits per heavy atom. The van der Waals surface area contributed by atoms with Crippen LogP contribution in [0.25, 0.3) is 0 Å². The summed E-state index contributed by atoms with van der Waals surface area (Å²) in [6, 6.07) is 5.57. The van der Waals surface area contributed by atoms with Gasteiger partial charge in [0.25, 0.3) is 0 Å². The summed E-state index contributed by atoms with van der Waals surface area (Å²) in [7, 11) is 3.43. The van der Waals surface area contributed by atoms with Gasteiger partial charge in [0.2, 0.25) is 0 Å². The highest BCUT2D eigenvalue weighted by molar-refractivity contribution is 6.32. The third-order valence-electron chi connectivity index (χ3n) is 1.44. The minimum atomic E-state index is 0.624. The van der Waals surface area contributed by atoms with E-state index in [-0.39, 0.29) is 0 Å². The predicted octanol–water partition coefficient (Wildman–Crippen LogP) is 2.39. The van der Waals surface area contributed by atoms with Gasteiger partial charge in [0, 0.05) is 7.05 Å². The molecule has 1 N–H and O–H groups in total. The lowest BCUT2D eigenvalue weighted by molar-refractivity contribution is 0.417. The second-order valence-corrected chi connectivity index (χ2v) is 2.48. The van der Waals surface area contributed by atoms with Crippen LogP contribution in [0.4, 0.5) is 5.69 Å². The monoisotopic (exact) mass is 171 g/mol. The van der Waals surface area contributed by atoms with Gasteiger partial charge in [0.1, 0.15) is 0 Å². The molecule has 0 saturated carbocycles. The Bertz CT molecular complexity index is 250. The van der Waals surface area contributed by atoms with E-state index in [2.05, 4.69) is 5.32 Å². The van der Waals surface area contributed by atoms with E-state index in [1.54, 1.807) is 13.2 Å². The van der Waals surface area contributed by atoms with E-state index >= 15 is 0 Å². The van der Waals surface area contributed by atoms with Crippen LogP contribution >= 0.6 is 11.6 Å². The summed E-state index contributed by atoms with van der Waals surface area (Å²) in [4.78, 5) is 0. The first kappa shape index (κ1) is 8.21. The molecule has 0 fully saturated rings. The fourth-order valence-electron chi connectivity index (χ4n) is 0.913. The van der Waals surface area contributed by atoms with Crippen molar-refractivity contribution in [3.05, 3.63) is 23.2 Å². The lowest BCUT2D eigenvalue weighted by Crippen LogP contribution is -1.93. The molecule has 0 radical (unpaired) electrons. The van der Waals surface area contributed by atoms with Crippen molar-refractivity contribution in [1.29, 1.82) is 0 Å². The van der Waals surface area contributed by atoms with Crippen molar-refractivity contribution in [2.45, 2.75) is 0 Å². The largest absolute Gasteiger partial charge is 0.493 e. The summed E-state index contributed by atoms with van der Waals surface area (Å²) in [6.45, 7) is 0. The smallest absolute Gasteiger partial charge is 0.160 e. The third kappa shape index (κ3) is 1.57. The van der Waals surface area contributed by atoms with Crippen molar-refractivity contribution in [3.63, 3.8) is 0 Å². The Hall–Kier alpha value is -0.890. The van der Waals surface area contributed by atoms with Crippen LogP contribution in [0.2, 0.25) is 5.02 Å². The van der Waals surface area contributed by atoms with Crippen molar-refractivity contribution in [3.8, 4) is 5.75 Å². The Kier molecular flexibility index (Phi) is 2.60. The molecule has 0 saturated heterocycles. The zero-order chi connectivity index (χ0) is 8.27. The molecule has 3 heteroatoms. The molecular formula is C8H10ClNO. The third-order valence-corrected chi connectivity index (χ3v) is 1.74. The molecule has 0 bridgehead atoms. The highest BCUT2D eigenvalue weighted by Crippen LogP contribution is 2.31. The first-order valence-electron chi connectivity index (χ1n) is 3.30. The number of hydrogen-bond acceptors (Lipinski definition) is 2. The second kappa shape index (κ2) is 3.49. The van der Waals surface area contributed by atoms with Crippen molar-refractivity contribution < 1.29 is 4.74 Å².